The Hall–Kier alpha value is -1.24. The molecular formula is C13H17N. The van der Waals surface area contributed by atoms with Crippen LogP contribution in [0.1, 0.15) is 27.2 Å². The van der Waals surface area contributed by atoms with Gasteiger partial charge in [-0.15, -0.1) is 0 Å². The van der Waals surface area contributed by atoms with Crippen molar-refractivity contribution in [3.05, 3.63) is 35.0 Å². The van der Waals surface area contributed by atoms with Crippen molar-refractivity contribution in [3.8, 4) is 0 Å². The molecule has 0 aliphatic heterocycles. The van der Waals surface area contributed by atoms with Gasteiger partial charge in [-0.3, -0.25) is 0 Å². The summed E-state index contributed by atoms with van der Waals surface area (Å²) in [7, 11) is 0. The third-order valence-corrected chi connectivity index (χ3v) is 2.54. The summed E-state index contributed by atoms with van der Waals surface area (Å²) in [5.74, 6) is 0. The second-order valence-electron chi connectivity index (χ2n) is 4.73. The van der Waals surface area contributed by atoms with Gasteiger partial charge in [0.15, 0.2) is 0 Å². The maximum atomic E-state index is 2.34. The lowest BCUT2D eigenvalue weighted by atomic mass is 10.1. The van der Waals surface area contributed by atoms with Crippen LogP contribution in [0.3, 0.4) is 0 Å². The number of rotatable bonds is 0. The van der Waals surface area contributed by atoms with Gasteiger partial charge in [0, 0.05) is 17.1 Å². The SMILES string of the molecule is CC(C)(C)n1ccc2c1=CCC=CC=2. The van der Waals surface area contributed by atoms with E-state index in [9.17, 15) is 0 Å². The number of hydrogen-bond donors (Lipinski definition) is 0. The summed E-state index contributed by atoms with van der Waals surface area (Å²) in [4.78, 5) is 0. The monoisotopic (exact) mass is 187 g/mol. The summed E-state index contributed by atoms with van der Waals surface area (Å²) >= 11 is 0. The molecule has 0 unspecified atom stereocenters. The highest BCUT2D eigenvalue weighted by Crippen LogP contribution is 2.09. The quantitative estimate of drug-likeness (QED) is 0.583. The topological polar surface area (TPSA) is 4.93 Å². The summed E-state index contributed by atoms with van der Waals surface area (Å²) in [5.41, 5.74) is 0.169. The highest BCUT2D eigenvalue weighted by Gasteiger charge is 2.12. The molecule has 0 fully saturated rings. The zero-order valence-corrected chi connectivity index (χ0v) is 9.12. The maximum absolute atomic E-state index is 2.34. The van der Waals surface area contributed by atoms with E-state index in [0.29, 0.717) is 0 Å². The van der Waals surface area contributed by atoms with Crippen LogP contribution < -0.4 is 10.6 Å². The van der Waals surface area contributed by atoms with Gasteiger partial charge in [-0.2, -0.15) is 0 Å². The van der Waals surface area contributed by atoms with Crippen molar-refractivity contribution >= 4 is 12.2 Å². The van der Waals surface area contributed by atoms with Crippen molar-refractivity contribution < 1.29 is 0 Å². The van der Waals surface area contributed by atoms with Gasteiger partial charge in [-0.1, -0.05) is 24.3 Å². The third-order valence-electron chi connectivity index (χ3n) is 2.54. The molecule has 0 radical (unpaired) electrons. The van der Waals surface area contributed by atoms with E-state index in [1.165, 1.54) is 10.6 Å². The van der Waals surface area contributed by atoms with Crippen LogP contribution in [0.4, 0.5) is 0 Å². The summed E-state index contributed by atoms with van der Waals surface area (Å²) in [6, 6.07) is 2.19. The molecule has 0 aromatic carbocycles. The largest absolute Gasteiger partial charge is 0.342 e. The molecule has 0 saturated heterocycles. The minimum atomic E-state index is 0.169. The fraction of sp³-hybridized carbons (Fsp3) is 0.385. The first-order valence-corrected chi connectivity index (χ1v) is 5.14. The molecule has 1 heterocycles. The normalized spacial score (nSPS) is 15.4. The van der Waals surface area contributed by atoms with Gasteiger partial charge in [-0.05, 0) is 38.5 Å². The molecule has 0 bridgehead atoms. The molecule has 2 rings (SSSR count). The first-order valence-electron chi connectivity index (χ1n) is 5.14. The van der Waals surface area contributed by atoms with Gasteiger partial charge in [0.1, 0.15) is 0 Å². The predicted molar refractivity (Wildman–Crippen MR) is 61.4 cm³/mol. The number of hydrogen-bond acceptors (Lipinski definition) is 0. The summed E-state index contributed by atoms with van der Waals surface area (Å²) in [5, 5.41) is 2.68. The molecule has 0 N–H and O–H groups in total. The molecule has 14 heavy (non-hydrogen) atoms. The first kappa shape index (κ1) is 9.32. The Morgan fingerprint density at radius 1 is 1.29 bits per heavy atom. The Labute approximate surface area is 85.1 Å². The van der Waals surface area contributed by atoms with Crippen LogP contribution >= 0.6 is 0 Å². The lowest BCUT2D eigenvalue weighted by Gasteiger charge is -2.21. The van der Waals surface area contributed by atoms with E-state index in [2.05, 4.69) is 61.9 Å². The van der Waals surface area contributed by atoms with Crippen LogP contribution in [0.5, 0.6) is 0 Å². The molecule has 1 aliphatic rings. The van der Waals surface area contributed by atoms with E-state index < -0.39 is 0 Å². The van der Waals surface area contributed by atoms with Gasteiger partial charge in [-0.25, -0.2) is 0 Å². The van der Waals surface area contributed by atoms with Gasteiger partial charge in [0.25, 0.3) is 0 Å². The standard InChI is InChI=1S/C13H17N/c1-13(2,3)14-10-9-11-7-5-4-6-8-12(11)14/h4-5,7-10H,6H2,1-3H3. The van der Waals surface area contributed by atoms with Crippen LogP contribution in [0.2, 0.25) is 0 Å². The van der Waals surface area contributed by atoms with Crippen molar-refractivity contribution in [3.63, 3.8) is 0 Å². The van der Waals surface area contributed by atoms with E-state index in [1.807, 2.05) is 0 Å². The summed E-state index contributed by atoms with van der Waals surface area (Å²) in [6.07, 6.45) is 12.0. The van der Waals surface area contributed by atoms with E-state index in [-0.39, 0.29) is 5.54 Å². The zero-order chi connectivity index (χ0) is 10.2. The second kappa shape index (κ2) is 3.16. The lowest BCUT2D eigenvalue weighted by molar-refractivity contribution is 0.389. The summed E-state index contributed by atoms with van der Waals surface area (Å²) in [6.45, 7) is 6.71. The smallest absolute Gasteiger partial charge is 0.0447 e. The molecule has 1 aromatic rings. The van der Waals surface area contributed by atoms with E-state index in [0.717, 1.165) is 6.42 Å². The van der Waals surface area contributed by atoms with Crippen molar-refractivity contribution in [2.75, 3.05) is 0 Å². The minimum absolute atomic E-state index is 0.169. The van der Waals surface area contributed by atoms with E-state index in [4.69, 9.17) is 0 Å². The number of fused-ring (bicyclic) bond motifs is 1. The fourth-order valence-electron chi connectivity index (χ4n) is 1.83. The van der Waals surface area contributed by atoms with Gasteiger partial charge < -0.3 is 4.57 Å². The Balaban J connectivity index is 2.71. The summed E-state index contributed by atoms with van der Waals surface area (Å²) < 4.78 is 2.34. The molecule has 0 atom stereocenters. The fourth-order valence-corrected chi connectivity index (χ4v) is 1.83. The Morgan fingerprint density at radius 2 is 2.07 bits per heavy atom. The third kappa shape index (κ3) is 1.54. The molecule has 74 valence electrons. The first-order chi connectivity index (χ1) is 6.59. The molecule has 1 heteroatoms. The molecule has 0 spiro atoms. The molecule has 1 nitrogen and oxygen atoms in total. The van der Waals surface area contributed by atoms with E-state index >= 15 is 0 Å². The highest BCUT2D eigenvalue weighted by atomic mass is 15.0. The van der Waals surface area contributed by atoms with Gasteiger partial charge in [0.05, 0.1) is 0 Å². The Morgan fingerprint density at radius 3 is 2.79 bits per heavy atom. The van der Waals surface area contributed by atoms with Crippen LogP contribution in [-0.4, -0.2) is 4.57 Å². The average molecular weight is 187 g/mol. The average Bonchev–Trinajstić information content (AvgIpc) is 2.36. The molecule has 1 aromatic heterocycles. The number of nitrogens with zero attached hydrogens (tertiary/aromatic N) is 1. The predicted octanol–water partition coefficient (Wildman–Crippen LogP) is 1.76. The molecule has 1 aliphatic carbocycles. The second-order valence-corrected chi connectivity index (χ2v) is 4.73. The van der Waals surface area contributed by atoms with Gasteiger partial charge >= 0.3 is 0 Å². The Kier molecular flexibility index (Phi) is 2.10. The molecular weight excluding hydrogens is 170 g/mol. The lowest BCUT2D eigenvalue weighted by Crippen LogP contribution is -2.37. The van der Waals surface area contributed by atoms with Crippen LogP contribution in [0.25, 0.3) is 12.2 Å². The highest BCUT2D eigenvalue weighted by molar-refractivity contribution is 5.43. The zero-order valence-electron chi connectivity index (χ0n) is 9.12. The van der Waals surface area contributed by atoms with Crippen molar-refractivity contribution in [1.29, 1.82) is 0 Å². The Bertz CT molecular complexity index is 466. The van der Waals surface area contributed by atoms with Crippen LogP contribution in [0.15, 0.2) is 24.4 Å². The molecule has 0 saturated carbocycles. The molecule has 0 amide bonds. The minimum Gasteiger partial charge on any atom is -0.342 e. The van der Waals surface area contributed by atoms with Crippen LogP contribution in [0, 0.1) is 0 Å². The van der Waals surface area contributed by atoms with Crippen molar-refractivity contribution in [2.24, 2.45) is 0 Å². The van der Waals surface area contributed by atoms with Crippen molar-refractivity contribution in [2.45, 2.75) is 32.7 Å². The number of aromatic nitrogens is 1. The van der Waals surface area contributed by atoms with Gasteiger partial charge in [0.2, 0.25) is 0 Å². The number of allylic oxidation sites excluding steroid dienone is 2. The van der Waals surface area contributed by atoms with Crippen LogP contribution in [-0.2, 0) is 5.54 Å². The maximum Gasteiger partial charge on any atom is 0.0447 e. The van der Waals surface area contributed by atoms with E-state index in [1.54, 1.807) is 0 Å². The van der Waals surface area contributed by atoms with Crippen molar-refractivity contribution in [1.82, 2.24) is 4.57 Å².